The number of fused-ring (bicyclic) bond motifs is 2. The van der Waals surface area contributed by atoms with Crippen LogP contribution in [-0.4, -0.2) is 10.5 Å². The van der Waals surface area contributed by atoms with E-state index >= 15 is 0 Å². The SMILES string of the molecule is CC1=CC[C@@H]2C[C@H]1[C@H](c1ccccc1[N+](=O)[O-])OC2(C)C. The van der Waals surface area contributed by atoms with Crippen molar-refractivity contribution < 1.29 is 9.66 Å². The van der Waals surface area contributed by atoms with Crippen LogP contribution in [0.2, 0.25) is 0 Å². The minimum Gasteiger partial charge on any atom is -0.366 e. The van der Waals surface area contributed by atoms with Crippen molar-refractivity contribution in [3.8, 4) is 0 Å². The van der Waals surface area contributed by atoms with Gasteiger partial charge in [0.05, 0.1) is 22.2 Å². The number of nitro groups is 1. The molecule has 1 aliphatic heterocycles. The number of hydrogen-bond acceptors (Lipinski definition) is 3. The van der Waals surface area contributed by atoms with Gasteiger partial charge >= 0.3 is 0 Å². The van der Waals surface area contributed by atoms with Crippen molar-refractivity contribution in [1.82, 2.24) is 0 Å². The summed E-state index contributed by atoms with van der Waals surface area (Å²) in [5, 5.41) is 11.3. The highest BCUT2D eigenvalue weighted by Gasteiger charge is 2.46. The largest absolute Gasteiger partial charge is 0.366 e. The lowest BCUT2D eigenvalue weighted by atomic mass is 9.68. The molecular weight excluding hydrogens is 266 g/mol. The van der Waals surface area contributed by atoms with E-state index in [1.54, 1.807) is 12.1 Å². The lowest BCUT2D eigenvalue weighted by Crippen LogP contribution is -2.45. The van der Waals surface area contributed by atoms with Crippen molar-refractivity contribution in [2.24, 2.45) is 11.8 Å². The van der Waals surface area contributed by atoms with E-state index in [0.29, 0.717) is 11.5 Å². The van der Waals surface area contributed by atoms with Crippen molar-refractivity contribution in [3.05, 3.63) is 51.6 Å². The van der Waals surface area contributed by atoms with Crippen LogP contribution in [-0.2, 0) is 4.74 Å². The van der Waals surface area contributed by atoms with Gasteiger partial charge in [0.15, 0.2) is 0 Å². The maximum atomic E-state index is 11.3. The molecule has 1 aliphatic carbocycles. The maximum absolute atomic E-state index is 11.3. The third-order valence-corrected chi connectivity index (χ3v) is 5.07. The zero-order valence-electron chi connectivity index (χ0n) is 12.7. The van der Waals surface area contributed by atoms with E-state index in [-0.39, 0.29) is 28.2 Å². The molecule has 1 saturated heterocycles. The Kier molecular flexibility index (Phi) is 3.36. The van der Waals surface area contributed by atoms with Gasteiger partial charge in [-0.15, -0.1) is 0 Å². The molecule has 0 N–H and O–H groups in total. The Morgan fingerprint density at radius 3 is 2.76 bits per heavy atom. The van der Waals surface area contributed by atoms with Crippen LogP contribution in [0.25, 0.3) is 0 Å². The Morgan fingerprint density at radius 1 is 1.33 bits per heavy atom. The summed E-state index contributed by atoms with van der Waals surface area (Å²) >= 11 is 0. The second kappa shape index (κ2) is 4.95. The van der Waals surface area contributed by atoms with E-state index in [1.807, 2.05) is 12.1 Å². The van der Waals surface area contributed by atoms with Crippen molar-refractivity contribution in [3.63, 3.8) is 0 Å². The molecule has 1 aromatic rings. The van der Waals surface area contributed by atoms with Gasteiger partial charge in [-0.25, -0.2) is 0 Å². The summed E-state index contributed by atoms with van der Waals surface area (Å²) in [4.78, 5) is 11.0. The molecule has 1 fully saturated rings. The summed E-state index contributed by atoms with van der Waals surface area (Å²) in [6.45, 7) is 6.32. The molecular formula is C17H21NO3. The fourth-order valence-corrected chi connectivity index (χ4v) is 3.68. The van der Waals surface area contributed by atoms with Gasteiger partial charge in [-0.1, -0.05) is 23.8 Å². The normalized spacial score (nSPS) is 30.6. The molecule has 0 unspecified atom stereocenters. The summed E-state index contributed by atoms with van der Waals surface area (Å²) in [6, 6.07) is 6.97. The molecule has 3 rings (SSSR count). The van der Waals surface area contributed by atoms with Gasteiger partial charge in [-0.3, -0.25) is 10.1 Å². The number of hydrogen-bond donors (Lipinski definition) is 0. The van der Waals surface area contributed by atoms with Gasteiger partial charge in [0, 0.05) is 12.0 Å². The molecule has 0 amide bonds. The zero-order chi connectivity index (χ0) is 15.2. The predicted octanol–water partition coefficient (Wildman–Crippen LogP) is 4.42. The highest BCUT2D eigenvalue weighted by molar-refractivity contribution is 5.43. The first-order valence-corrected chi connectivity index (χ1v) is 7.48. The monoisotopic (exact) mass is 287 g/mol. The minimum absolute atomic E-state index is 0.162. The van der Waals surface area contributed by atoms with Crippen LogP contribution >= 0.6 is 0 Å². The fraction of sp³-hybridized carbons (Fsp3) is 0.529. The van der Waals surface area contributed by atoms with Crippen LogP contribution in [0.4, 0.5) is 5.69 Å². The molecule has 21 heavy (non-hydrogen) atoms. The first-order chi connectivity index (χ1) is 9.90. The average molecular weight is 287 g/mol. The van der Waals surface area contributed by atoms with Crippen molar-refractivity contribution >= 4 is 5.69 Å². The fourth-order valence-electron chi connectivity index (χ4n) is 3.68. The lowest BCUT2D eigenvalue weighted by molar-refractivity contribution is -0.386. The van der Waals surface area contributed by atoms with Crippen LogP contribution in [0.15, 0.2) is 35.9 Å². The Bertz CT molecular complexity index is 606. The molecule has 2 bridgehead atoms. The molecule has 0 aromatic heterocycles. The minimum atomic E-state index is -0.306. The smallest absolute Gasteiger partial charge is 0.275 e. The molecule has 4 heteroatoms. The average Bonchev–Trinajstić information content (AvgIpc) is 2.45. The van der Waals surface area contributed by atoms with Crippen molar-refractivity contribution in [1.29, 1.82) is 0 Å². The number of benzene rings is 1. The third kappa shape index (κ3) is 2.38. The van der Waals surface area contributed by atoms with E-state index in [0.717, 1.165) is 12.8 Å². The number of allylic oxidation sites excluding steroid dienone is 1. The van der Waals surface area contributed by atoms with E-state index in [2.05, 4.69) is 26.8 Å². The van der Waals surface area contributed by atoms with Gasteiger partial charge in [-0.2, -0.15) is 0 Å². The maximum Gasteiger partial charge on any atom is 0.275 e. The van der Waals surface area contributed by atoms with Gasteiger partial charge in [-0.05, 0) is 45.6 Å². The van der Waals surface area contributed by atoms with Crippen molar-refractivity contribution in [2.45, 2.75) is 45.3 Å². The number of ether oxygens (including phenoxy) is 1. The van der Waals surface area contributed by atoms with Crippen LogP contribution in [0, 0.1) is 22.0 Å². The lowest BCUT2D eigenvalue weighted by Gasteiger charge is -2.49. The number of nitro benzene ring substituents is 1. The summed E-state index contributed by atoms with van der Waals surface area (Å²) < 4.78 is 6.34. The summed E-state index contributed by atoms with van der Waals surface area (Å²) in [5.74, 6) is 0.739. The zero-order valence-corrected chi connectivity index (χ0v) is 12.7. The molecule has 1 aromatic carbocycles. The van der Waals surface area contributed by atoms with Gasteiger partial charge < -0.3 is 4.74 Å². The summed E-state index contributed by atoms with van der Waals surface area (Å²) in [6.07, 6.45) is 4.14. The Labute approximate surface area is 125 Å². The molecule has 4 nitrogen and oxygen atoms in total. The first-order valence-electron chi connectivity index (χ1n) is 7.48. The van der Waals surface area contributed by atoms with Gasteiger partial charge in [0.1, 0.15) is 0 Å². The van der Waals surface area contributed by atoms with E-state index in [1.165, 1.54) is 5.57 Å². The third-order valence-electron chi connectivity index (χ3n) is 5.07. The number of rotatable bonds is 2. The molecule has 3 atom stereocenters. The predicted molar refractivity (Wildman–Crippen MR) is 81.0 cm³/mol. The Balaban J connectivity index is 2.07. The topological polar surface area (TPSA) is 52.4 Å². The number of nitrogens with zero attached hydrogens (tertiary/aromatic N) is 1. The summed E-state index contributed by atoms with van der Waals surface area (Å²) in [7, 11) is 0. The first kappa shape index (κ1) is 14.3. The molecule has 0 saturated carbocycles. The molecule has 112 valence electrons. The van der Waals surface area contributed by atoms with Crippen LogP contribution < -0.4 is 0 Å². The molecule has 0 radical (unpaired) electrons. The van der Waals surface area contributed by atoms with Crippen LogP contribution in [0.1, 0.15) is 45.3 Å². The van der Waals surface area contributed by atoms with Gasteiger partial charge in [0.25, 0.3) is 5.69 Å². The summed E-state index contributed by atoms with van der Waals surface area (Å²) in [5.41, 5.74) is 1.91. The molecule has 2 aliphatic rings. The van der Waals surface area contributed by atoms with Crippen LogP contribution in [0.3, 0.4) is 0 Å². The van der Waals surface area contributed by atoms with Gasteiger partial charge in [0.2, 0.25) is 0 Å². The number of para-hydroxylation sites is 1. The highest BCUT2D eigenvalue weighted by atomic mass is 16.6. The quantitative estimate of drug-likeness (QED) is 0.459. The van der Waals surface area contributed by atoms with E-state index < -0.39 is 0 Å². The second-order valence-corrected chi connectivity index (χ2v) is 6.68. The van der Waals surface area contributed by atoms with Crippen molar-refractivity contribution in [2.75, 3.05) is 0 Å². The Morgan fingerprint density at radius 2 is 2.05 bits per heavy atom. The second-order valence-electron chi connectivity index (χ2n) is 6.68. The molecule has 1 heterocycles. The van der Waals surface area contributed by atoms with E-state index in [4.69, 9.17) is 4.74 Å². The highest BCUT2D eigenvalue weighted by Crippen LogP contribution is 2.52. The standard InChI is InChI=1S/C17H21NO3/c1-11-8-9-12-10-14(11)16(21-17(12,2)3)13-6-4-5-7-15(13)18(19)20/h4-8,12,14,16H,9-10H2,1-3H3/t12-,14-,16+/m1/s1. The Hall–Kier alpha value is -1.68. The van der Waals surface area contributed by atoms with Crippen LogP contribution in [0.5, 0.6) is 0 Å². The molecule has 0 spiro atoms. The van der Waals surface area contributed by atoms with E-state index in [9.17, 15) is 10.1 Å².